The number of rotatable bonds is 3. The lowest BCUT2D eigenvalue weighted by molar-refractivity contribution is -0.130. The number of ether oxygens (including phenoxy) is 1. The molecule has 0 bridgehead atoms. The lowest BCUT2D eigenvalue weighted by Crippen LogP contribution is -2.03. The lowest BCUT2D eigenvalue weighted by atomic mass is 10.3. The monoisotopic (exact) mass is 179 g/mol. The van der Waals surface area contributed by atoms with E-state index < -0.39 is 0 Å². The van der Waals surface area contributed by atoms with E-state index in [0.717, 1.165) is 12.8 Å². The Bertz CT molecular complexity index is 300. The minimum Gasteiger partial charge on any atom is -0.402 e. The Morgan fingerprint density at radius 2 is 2.38 bits per heavy atom. The van der Waals surface area contributed by atoms with Crippen molar-refractivity contribution in [1.29, 1.82) is 0 Å². The number of esters is 1. The summed E-state index contributed by atoms with van der Waals surface area (Å²) in [5, 5.41) is 0. The Labute approximate surface area is 77.8 Å². The number of carbonyl (C=O) groups is 1. The maximum atomic E-state index is 11.1. The summed E-state index contributed by atoms with van der Waals surface area (Å²) in [4.78, 5) is 15.2. The third-order valence-electron chi connectivity index (χ3n) is 1.61. The summed E-state index contributed by atoms with van der Waals surface area (Å²) in [5.41, 5.74) is 1.08. The minimum absolute atomic E-state index is 0.340. The fraction of sp³-hybridized carbons (Fsp3) is 0.400. The first kappa shape index (κ1) is 9.71. The van der Waals surface area contributed by atoms with Crippen LogP contribution in [0.2, 0.25) is 0 Å². The number of hydrogen-bond acceptors (Lipinski definition) is 3. The van der Waals surface area contributed by atoms with Gasteiger partial charge in [-0.05, 0) is 13.3 Å². The summed E-state index contributed by atoms with van der Waals surface area (Å²) >= 11 is 0. The third-order valence-corrected chi connectivity index (χ3v) is 1.61. The van der Waals surface area contributed by atoms with Gasteiger partial charge in [-0.2, -0.15) is 0 Å². The van der Waals surface area contributed by atoms with E-state index in [9.17, 15) is 4.79 Å². The number of hydrogen-bond donors (Lipinski definition) is 0. The molecule has 0 aromatic carbocycles. The highest BCUT2D eigenvalue weighted by Crippen LogP contribution is 2.15. The zero-order valence-corrected chi connectivity index (χ0v) is 7.96. The van der Waals surface area contributed by atoms with E-state index in [2.05, 4.69) is 11.6 Å². The van der Waals surface area contributed by atoms with E-state index in [0.29, 0.717) is 17.2 Å². The molecule has 1 heterocycles. The first-order chi connectivity index (χ1) is 6.15. The maximum absolute atomic E-state index is 11.1. The second-order valence-electron chi connectivity index (χ2n) is 2.96. The van der Waals surface area contributed by atoms with Gasteiger partial charge >= 0.3 is 5.97 Å². The first-order valence-corrected chi connectivity index (χ1v) is 4.32. The number of cyclic esters (lactones) is 1. The quantitative estimate of drug-likeness (QED) is 0.492. The lowest BCUT2D eigenvalue weighted by Gasteiger charge is -1.93. The average molecular weight is 179 g/mol. The van der Waals surface area contributed by atoms with E-state index in [1.165, 1.54) is 0 Å². The van der Waals surface area contributed by atoms with Gasteiger partial charge in [-0.1, -0.05) is 26.0 Å². The SMILES string of the molecule is C=C(C)C1=N/C(=C\CCC)C(=O)O1. The summed E-state index contributed by atoms with van der Waals surface area (Å²) in [6.07, 6.45) is 3.63. The Kier molecular flexibility index (Phi) is 3.01. The number of unbranched alkanes of at least 4 members (excludes halogenated alkanes) is 1. The van der Waals surface area contributed by atoms with Crippen molar-refractivity contribution >= 4 is 11.9 Å². The Morgan fingerprint density at radius 1 is 1.69 bits per heavy atom. The fourth-order valence-corrected chi connectivity index (χ4v) is 0.911. The molecule has 0 atom stereocenters. The largest absolute Gasteiger partial charge is 0.402 e. The second kappa shape index (κ2) is 4.03. The first-order valence-electron chi connectivity index (χ1n) is 4.32. The van der Waals surface area contributed by atoms with Crippen LogP contribution in [0, 0.1) is 0 Å². The fourth-order valence-electron chi connectivity index (χ4n) is 0.911. The van der Waals surface area contributed by atoms with Crippen LogP contribution in [-0.4, -0.2) is 11.9 Å². The molecule has 0 amide bonds. The van der Waals surface area contributed by atoms with E-state index in [1.807, 2.05) is 6.92 Å². The number of allylic oxidation sites excluding steroid dienone is 1. The molecule has 0 saturated carbocycles. The maximum Gasteiger partial charge on any atom is 0.363 e. The summed E-state index contributed by atoms with van der Waals surface area (Å²) in [7, 11) is 0. The highest BCUT2D eigenvalue weighted by Gasteiger charge is 2.22. The topological polar surface area (TPSA) is 38.7 Å². The Balaban J connectivity index is 2.78. The van der Waals surface area contributed by atoms with Crippen LogP contribution in [-0.2, 0) is 9.53 Å². The van der Waals surface area contributed by atoms with E-state index >= 15 is 0 Å². The smallest absolute Gasteiger partial charge is 0.363 e. The van der Waals surface area contributed by atoms with Gasteiger partial charge in [0.25, 0.3) is 0 Å². The van der Waals surface area contributed by atoms with E-state index in [4.69, 9.17) is 4.74 Å². The molecule has 0 radical (unpaired) electrons. The van der Waals surface area contributed by atoms with Crippen LogP contribution in [0.1, 0.15) is 26.7 Å². The van der Waals surface area contributed by atoms with Crippen molar-refractivity contribution in [2.75, 3.05) is 0 Å². The zero-order chi connectivity index (χ0) is 9.84. The second-order valence-corrected chi connectivity index (χ2v) is 2.96. The number of aliphatic imine (C=N–C) groups is 1. The Hall–Kier alpha value is -1.38. The molecule has 0 saturated heterocycles. The summed E-state index contributed by atoms with van der Waals surface area (Å²) in [5.74, 6) is -0.0289. The van der Waals surface area contributed by atoms with Gasteiger partial charge in [-0.3, -0.25) is 0 Å². The molecule has 1 aliphatic heterocycles. The molecule has 13 heavy (non-hydrogen) atoms. The molecular formula is C10H13NO2. The van der Waals surface area contributed by atoms with Crippen LogP contribution < -0.4 is 0 Å². The molecule has 0 aromatic rings. The van der Waals surface area contributed by atoms with Gasteiger partial charge in [0, 0.05) is 5.57 Å². The molecule has 0 unspecified atom stereocenters. The highest BCUT2D eigenvalue weighted by molar-refractivity contribution is 6.10. The molecule has 0 N–H and O–H groups in total. The molecule has 1 aliphatic rings. The van der Waals surface area contributed by atoms with Gasteiger partial charge in [-0.25, -0.2) is 9.79 Å². The normalized spacial score (nSPS) is 18.8. The highest BCUT2D eigenvalue weighted by atomic mass is 16.6. The van der Waals surface area contributed by atoms with Crippen LogP contribution >= 0.6 is 0 Å². The zero-order valence-electron chi connectivity index (χ0n) is 7.96. The van der Waals surface area contributed by atoms with E-state index in [1.54, 1.807) is 13.0 Å². The van der Waals surface area contributed by atoms with Crippen molar-refractivity contribution in [3.05, 3.63) is 23.9 Å². The van der Waals surface area contributed by atoms with Crippen LogP contribution in [0.3, 0.4) is 0 Å². The molecule has 3 nitrogen and oxygen atoms in total. The molecule has 1 rings (SSSR count). The van der Waals surface area contributed by atoms with Crippen LogP contribution in [0.15, 0.2) is 28.9 Å². The van der Waals surface area contributed by atoms with Gasteiger partial charge in [0.2, 0.25) is 5.90 Å². The van der Waals surface area contributed by atoms with Gasteiger partial charge in [0.1, 0.15) is 5.70 Å². The molecule has 0 spiro atoms. The van der Waals surface area contributed by atoms with Crippen molar-refractivity contribution in [1.82, 2.24) is 0 Å². The van der Waals surface area contributed by atoms with Crippen molar-refractivity contribution in [3.8, 4) is 0 Å². The summed E-state index contributed by atoms with van der Waals surface area (Å²) < 4.78 is 4.88. The Morgan fingerprint density at radius 3 is 2.85 bits per heavy atom. The molecule has 70 valence electrons. The van der Waals surface area contributed by atoms with Gasteiger partial charge in [0.15, 0.2) is 0 Å². The number of nitrogens with zero attached hydrogens (tertiary/aromatic N) is 1. The van der Waals surface area contributed by atoms with Crippen LogP contribution in [0.25, 0.3) is 0 Å². The molecule has 0 aromatic heterocycles. The summed E-state index contributed by atoms with van der Waals surface area (Å²) in [6.45, 7) is 7.45. The van der Waals surface area contributed by atoms with Crippen molar-refractivity contribution in [2.45, 2.75) is 26.7 Å². The predicted octanol–water partition coefficient (Wildman–Crippen LogP) is 2.20. The molecule has 0 fully saturated rings. The van der Waals surface area contributed by atoms with Crippen LogP contribution in [0.5, 0.6) is 0 Å². The summed E-state index contributed by atoms with van der Waals surface area (Å²) in [6, 6.07) is 0. The third kappa shape index (κ3) is 2.28. The minimum atomic E-state index is -0.369. The van der Waals surface area contributed by atoms with Crippen LogP contribution in [0.4, 0.5) is 0 Å². The molecular weight excluding hydrogens is 166 g/mol. The van der Waals surface area contributed by atoms with Crippen molar-refractivity contribution in [3.63, 3.8) is 0 Å². The molecule has 0 aliphatic carbocycles. The van der Waals surface area contributed by atoms with E-state index in [-0.39, 0.29) is 5.97 Å². The van der Waals surface area contributed by atoms with Gasteiger partial charge in [0.05, 0.1) is 0 Å². The van der Waals surface area contributed by atoms with Crippen molar-refractivity contribution < 1.29 is 9.53 Å². The van der Waals surface area contributed by atoms with Gasteiger partial charge in [-0.15, -0.1) is 0 Å². The van der Waals surface area contributed by atoms with Gasteiger partial charge < -0.3 is 4.74 Å². The average Bonchev–Trinajstić information content (AvgIpc) is 2.44. The standard InChI is InChI=1S/C10H13NO2/c1-4-5-6-8-10(12)13-9(11-8)7(2)3/h6H,2,4-5H2,1,3H3/b8-6-. The number of carbonyl (C=O) groups excluding carboxylic acids is 1. The molecule has 3 heteroatoms. The van der Waals surface area contributed by atoms with Crippen molar-refractivity contribution in [2.24, 2.45) is 4.99 Å². The predicted molar refractivity (Wildman–Crippen MR) is 51.3 cm³/mol.